The molecule has 0 bridgehead atoms. The summed E-state index contributed by atoms with van der Waals surface area (Å²) in [4.78, 5) is 0. The maximum absolute atomic E-state index is 9.72. The quantitative estimate of drug-likeness (QED) is 0.743. The lowest BCUT2D eigenvalue weighted by atomic mass is 10.1. The molecule has 0 aliphatic heterocycles. The zero-order chi connectivity index (χ0) is 9.19. The molecule has 0 saturated carbocycles. The molecule has 0 radical (unpaired) electrons. The number of aromatic nitrogens is 2. The van der Waals surface area contributed by atoms with Gasteiger partial charge in [0.1, 0.15) is 5.60 Å². The Labute approximate surface area is 73.0 Å². The normalized spacial score (nSPS) is 12.0. The van der Waals surface area contributed by atoms with Gasteiger partial charge >= 0.3 is 0 Å². The van der Waals surface area contributed by atoms with Crippen LogP contribution in [-0.4, -0.2) is 14.9 Å². The van der Waals surface area contributed by atoms with Crippen LogP contribution >= 0.6 is 0 Å². The van der Waals surface area contributed by atoms with E-state index in [1.54, 1.807) is 20.0 Å². The van der Waals surface area contributed by atoms with E-state index in [0.29, 0.717) is 0 Å². The van der Waals surface area contributed by atoms with Gasteiger partial charge in [-0.15, -0.1) is 0 Å². The van der Waals surface area contributed by atoms with Crippen LogP contribution in [0.3, 0.4) is 0 Å². The van der Waals surface area contributed by atoms with Gasteiger partial charge in [-0.3, -0.25) is 4.68 Å². The Morgan fingerprint density at radius 3 is 2.75 bits per heavy atom. The molecular weight excluding hydrogens is 152 g/mol. The van der Waals surface area contributed by atoms with E-state index < -0.39 is 5.60 Å². The van der Waals surface area contributed by atoms with E-state index in [0.717, 1.165) is 18.7 Å². The second kappa shape index (κ2) is 3.27. The molecule has 0 fully saturated rings. The van der Waals surface area contributed by atoms with Gasteiger partial charge in [-0.25, -0.2) is 0 Å². The van der Waals surface area contributed by atoms with Crippen LogP contribution in [0.5, 0.6) is 0 Å². The molecule has 0 aromatic carbocycles. The van der Waals surface area contributed by atoms with Gasteiger partial charge in [0.25, 0.3) is 0 Å². The van der Waals surface area contributed by atoms with E-state index in [-0.39, 0.29) is 0 Å². The number of aliphatic hydroxyl groups is 1. The second-order valence-electron chi connectivity index (χ2n) is 3.50. The molecule has 1 rings (SSSR count). The molecule has 0 saturated heterocycles. The molecule has 12 heavy (non-hydrogen) atoms. The van der Waals surface area contributed by atoms with Crippen molar-refractivity contribution in [1.29, 1.82) is 0 Å². The summed E-state index contributed by atoms with van der Waals surface area (Å²) in [6, 6.07) is 1.86. The number of hydrogen-bond acceptors (Lipinski definition) is 2. The minimum atomic E-state index is -0.786. The van der Waals surface area contributed by atoms with Crippen LogP contribution in [0.4, 0.5) is 0 Å². The molecule has 68 valence electrons. The minimum Gasteiger partial charge on any atom is -0.384 e. The molecular formula is C9H16N2O. The lowest BCUT2D eigenvalue weighted by Gasteiger charge is -2.18. The van der Waals surface area contributed by atoms with Gasteiger partial charge in [0.05, 0.1) is 5.69 Å². The number of nitrogens with zero attached hydrogens (tertiary/aromatic N) is 2. The topological polar surface area (TPSA) is 38.0 Å². The van der Waals surface area contributed by atoms with Gasteiger partial charge in [-0.1, -0.05) is 6.92 Å². The van der Waals surface area contributed by atoms with Gasteiger partial charge in [-0.2, -0.15) is 5.10 Å². The third-order valence-corrected chi connectivity index (χ3v) is 1.78. The largest absolute Gasteiger partial charge is 0.384 e. The maximum Gasteiger partial charge on any atom is 0.101 e. The van der Waals surface area contributed by atoms with Crippen LogP contribution < -0.4 is 0 Å². The fraction of sp³-hybridized carbons (Fsp3) is 0.667. The van der Waals surface area contributed by atoms with Crippen LogP contribution in [-0.2, 0) is 12.1 Å². The van der Waals surface area contributed by atoms with Crippen LogP contribution in [0.15, 0.2) is 12.3 Å². The molecule has 0 unspecified atom stereocenters. The third-order valence-electron chi connectivity index (χ3n) is 1.78. The first-order chi connectivity index (χ1) is 5.55. The van der Waals surface area contributed by atoms with Crippen molar-refractivity contribution in [2.24, 2.45) is 0 Å². The Bertz CT molecular complexity index is 247. The minimum absolute atomic E-state index is 0.786. The smallest absolute Gasteiger partial charge is 0.101 e. The van der Waals surface area contributed by atoms with Gasteiger partial charge < -0.3 is 5.11 Å². The molecule has 3 nitrogen and oxygen atoms in total. The monoisotopic (exact) mass is 168 g/mol. The summed E-state index contributed by atoms with van der Waals surface area (Å²) in [6.45, 7) is 6.51. The predicted molar refractivity (Wildman–Crippen MR) is 47.8 cm³/mol. The molecule has 0 spiro atoms. The molecule has 0 amide bonds. The standard InChI is InChI=1S/C9H16N2O/c1-4-7-11-8(5-6-10-11)9(2,3)12/h5-6,12H,4,7H2,1-3H3. The maximum atomic E-state index is 9.72. The average Bonchev–Trinajstić information content (AvgIpc) is 2.34. The van der Waals surface area contributed by atoms with Crippen molar-refractivity contribution in [1.82, 2.24) is 9.78 Å². The number of rotatable bonds is 3. The summed E-state index contributed by atoms with van der Waals surface area (Å²) in [5, 5.41) is 13.9. The summed E-state index contributed by atoms with van der Waals surface area (Å²) in [5.41, 5.74) is 0.0930. The van der Waals surface area contributed by atoms with Crippen molar-refractivity contribution in [3.8, 4) is 0 Å². The molecule has 1 heterocycles. The van der Waals surface area contributed by atoms with Gasteiger partial charge in [0, 0.05) is 12.7 Å². The highest BCUT2D eigenvalue weighted by Crippen LogP contribution is 2.18. The molecule has 1 aromatic rings. The zero-order valence-electron chi connectivity index (χ0n) is 7.91. The zero-order valence-corrected chi connectivity index (χ0v) is 7.91. The van der Waals surface area contributed by atoms with Crippen LogP contribution in [0.25, 0.3) is 0 Å². The van der Waals surface area contributed by atoms with Gasteiger partial charge in [-0.05, 0) is 26.3 Å². The van der Waals surface area contributed by atoms with Gasteiger partial charge in [0.15, 0.2) is 0 Å². The van der Waals surface area contributed by atoms with Gasteiger partial charge in [0.2, 0.25) is 0 Å². The Balaban J connectivity index is 2.91. The highest BCUT2D eigenvalue weighted by Gasteiger charge is 2.19. The summed E-state index contributed by atoms with van der Waals surface area (Å²) < 4.78 is 1.85. The average molecular weight is 168 g/mol. The van der Waals surface area contributed by atoms with Crippen molar-refractivity contribution in [2.75, 3.05) is 0 Å². The van der Waals surface area contributed by atoms with Crippen LogP contribution in [0, 0.1) is 0 Å². The van der Waals surface area contributed by atoms with Crippen molar-refractivity contribution in [3.05, 3.63) is 18.0 Å². The van der Waals surface area contributed by atoms with E-state index in [2.05, 4.69) is 12.0 Å². The lowest BCUT2D eigenvalue weighted by Crippen LogP contribution is -2.21. The number of aryl methyl sites for hydroxylation is 1. The Morgan fingerprint density at radius 1 is 1.58 bits per heavy atom. The Kier molecular flexibility index (Phi) is 2.52. The summed E-state index contributed by atoms with van der Waals surface area (Å²) in [5.74, 6) is 0. The van der Waals surface area contributed by atoms with Crippen molar-refractivity contribution >= 4 is 0 Å². The Hall–Kier alpha value is -0.830. The molecule has 0 atom stereocenters. The van der Waals surface area contributed by atoms with E-state index in [4.69, 9.17) is 0 Å². The predicted octanol–water partition coefficient (Wildman–Crippen LogP) is 1.52. The highest BCUT2D eigenvalue weighted by molar-refractivity contribution is 5.08. The molecule has 3 heteroatoms. The Morgan fingerprint density at radius 2 is 2.25 bits per heavy atom. The first-order valence-corrected chi connectivity index (χ1v) is 4.30. The summed E-state index contributed by atoms with van der Waals surface area (Å²) in [7, 11) is 0. The fourth-order valence-electron chi connectivity index (χ4n) is 1.24. The SMILES string of the molecule is CCCn1nccc1C(C)(C)O. The van der Waals surface area contributed by atoms with Crippen LogP contribution in [0.1, 0.15) is 32.9 Å². The number of hydrogen-bond donors (Lipinski definition) is 1. The summed E-state index contributed by atoms with van der Waals surface area (Å²) in [6.07, 6.45) is 2.76. The van der Waals surface area contributed by atoms with E-state index in [9.17, 15) is 5.11 Å². The third kappa shape index (κ3) is 1.85. The highest BCUT2D eigenvalue weighted by atomic mass is 16.3. The van der Waals surface area contributed by atoms with E-state index >= 15 is 0 Å². The molecule has 0 aliphatic carbocycles. The van der Waals surface area contributed by atoms with E-state index in [1.165, 1.54) is 0 Å². The van der Waals surface area contributed by atoms with Crippen LogP contribution in [0.2, 0.25) is 0 Å². The van der Waals surface area contributed by atoms with Crippen molar-refractivity contribution in [3.63, 3.8) is 0 Å². The fourth-order valence-corrected chi connectivity index (χ4v) is 1.24. The first-order valence-electron chi connectivity index (χ1n) is 4.30. The van der Waals surface area contributed by atoms with E-state index in [1.807, 2.05) is 10.7 Å². The van der Waals surface area contributed by atoms with Crippen molar-refractivity contribution < 1.29 is 5.11 Å². The summed E-state index contributed by atoms with van der Waals surface area (Å²) >= 11 is 0. The lowest BCUT2D eigenvalue weighted by molar-refractivity contribution is 0.0682. The molecule has 1 N–H and O–H groups in total. The van der Waals surface area contributed by atoms with Crippen molar-refractivity contribution in [2.45, 2.75) is 39.3 Å². The molecule has 0 aliphatic rings. The second-order valence-corrected chi connectivity index (χ2v) is 3.50. The first kappa shape index (κ1) is 9.26. The molecule has 1 aromatic heterocycles.